The molecule has 0 aliphatic rings. The number of nitrogens with zero attached hydrogens (tertiary/aromatic N) is 1. The predicted octanol–water partition coefficient (Wildman–Crippen LogP) is 1.29. The number of carbonyl (C=O) groups is 1. The van der Waals surface area contributed by atoms with Gasteiger partial charge in [-0.2, -0.15) is 0 Å². The number of phenols is 1. The molecule has 22 heavy (non-hydrogen) atoms. The van der Waals surface area contributed by atoms with Gasteiger partial charge in [0, 0.05) is 31.4 Å². The second kappa shape index (κ2) is 8.11. The van der Waals surface area contributed by atoms with E-state index in [0.717, 1.165) is 5.69 Å². The smallest absolute Gasteiger partial charge is 0.325 e. The molecule has 0 saturated carbocycles. The third kappa shape index (κ3) is 4.54. The highest BCUT2D eigenvalue weighted by atomic mass is 16.4. The molecule has 6 nitrogen and oxygen atoms in total. The molecule has 1 aromatic carbocycles. The van der Waals surface area contributed by atoms with Crippen molar-refractivity contribution in [3.05, 3.63) is 59.9 Å². The lowest BCUT2D eigenvalue weighted by molar-refractivity contribution is -0.139. The van der Waals surface area contributed by atoms with Crippen LogP contribution in [0.1, 0.15) is 17.3 Å². The van der Waals surface area contributed by atoms with Crippen LogP contribution in [0.2, 0.25) is 0 Å². The molecule has 1 aromatic heterocycles. The molecule has 0 amide bonds. The second-order valence-corrected chi connectivity index (χ2v) is 4.78. The van der Waals surface area contributed by atoms with Gasteiger partial charge in [0.25, 0.3) is 0 Å². The summed E-state index contributed by atoms with van der Waals surface area (Å²) in [6, 6.07) is 11.2. The van der Waals surface area contributed by atoms with E-state index in [4.69, 9.17) is 0 Å². The molecule has 0 bridgehead atoms. The molecule has 2 aromatic rings. The summed E-state index contributed by atoms with van der Waals surface area (Å²) in [4.78, 5) is 15.5. The quantitative estimate of drug-likeness (QED) is 0.549. The maximum atomic E-state index is 11.3. The maximum Gasteiger partial charge on any atom is 0.325 e. The predicted molar refractivity (Wildman–Crippen MR) is 82.4 cm³/mol. The van der Waals surface area contributed by atoms with Crippen LogP contribution in [0.15, 0.2) is 48.7 Å². The molecule has 0 spiro atoms. The van der Waals surface area contributed by atoms with Crippen LogP contribution in [0.25, 0.3) is 0 Å². The highest BCUT2D eigenvalue weighted by Crippen LogP contribution is 2.23. The van der Waals surface area contributed by atoms with Gasteiger partial charge in [0.1, 0.15) is 11.8 Å². The lowest BCUT2D eigenvalue weighted by Crippen LogP contribution is -2.34. The fourth-order valence-corrected chi connectivity index (χ4v) is 2.09. The van der Waals surface area contributed by atoms with Crippen LogP contribution in [0.5, 0.6) is 5.75 Å². The van der Waals surface area contributed by atoms with E-state index in [9.17, 15) is 15.0 Å². The molecule has 6 heteroatoms. The topological polar surface area (TPSA) is 94.5 Å². The number of aromatic hydroxyl groups is 1. The van der Waals surface area contributed by atoms with Gasteiger partial charge in [-0.15, -0.1) is 0 Å². The number of phenolic OH excluding ortho intramolecular Hbond substituents is 1. The average Bonchev–Trinajstić information content (AvgIpc) is 2.52. The number of para-hydroxylation sites is 1. The molecule has 1 heterocycles. The van der Waals surface area contributed by atoms with E-state index in [1.807, 2.05) is 18.2 Å². The largest absolute Gasteiger partial charge is 0.508 e. The fraction of sp³-hybridized carbons (Fsp3) is 0.250. The van der Waals surface area contributed by atoms with Gasteiger partial charge in [0.2, 0.25) is 0 Å². The van der Waals surface area contributed by atoms with Gasteiger partial charge in [-0.3, -0.25) is 15.1 Å². The van der Waals surface area contributed by atoms with Gasteiger partial charge >= 0.3 is 5.97 Å². The number of nitrogens with one attached hydrogen (secondary N) is 2. The minimum atomic E-state index is -1.02. The zero-order chi connectivity index (χ0) is 15.8. The molecule has 0 aliphatic heterocycles. The summed E-state index contributed by atoms with van der Waals surface area (Å²) in [5.74, 6) is -1.05. The van der Waals surface area contributed by atoms with E-state index in [-0.39, 0.29) is 5.75 Å². The summed E-state index contributed by atoms with van der Waals surface area (Å²) in [6.45, 7) is 1.67. The summed E-state index contributed by atoms with van der Waals surface area (Å²) in [7, 11) is 0. The third-order valence-electron chi connectivity index (χ3n) is 3.18. The Morgan fingerprint density at radius 3 is 2.59 bits per heavy atom. The summed E-state index contributed by atoms with van der Waals surface area (Å²) in [5, 5.41) is 25.1. The van der Waals surface area contributed by atoms with Crippen molar-refractivity contribution in [3.63, 3.8) is 0 Å². The highest BCUT2D eigenvalue weighted by Gasteiger charge is 2.21. The molecular formula is C16H19N3O3. The van der Waals surface area contributed by atoms with Gasteiger partial charge in [-0.25, -0.2) is 0 Å². The van der Waals surface area contributed by atoms with E-state index in [1.54, 1.807) is 24.4 Å². The van der Waals surface area contributed by atoms with Crippen molar-refractivity contribution in [2.75, 3.05) is 13.1 Å². The normalized spacial score (nSPS) is 12.0. The van der Waals surface area contributed by atoms with Crippen molar-refractivity contribution in [1.82, 2.24) is 15.6 Å². The van der Waals surface area contributed by atoms with E-state index in [0.29, 0.717) is 25.2 Å². The Morgan fingerprint density at radius 2 is 1.91 bits per heavy atom. The minimum absolute atomic E-state index is 0.0242. The Kier molecular flexibility index (Phi) is 5.88. The van der Waals surface area contributed by atoms with Crippen LogP contribution < -0.4 is 10.6 Å². The molecule has 0 radical (unpaired) electrons. The Balaban J connectivity index is 1.81. The zero-order valence-electron chi connectivity index (χ0n) is 12.1. The minimum Gasteiger partial charge on any atom is -0.508 e. The molecule has 0 aliphatic carbocycles. The Morgan fingerprint density at radius 1 is 1.14 bits per heavy atom. The average molecular weight is 301 g/mol. The molecule has 4 N–H and O–H groups in total. The number of aromatic nitrogens is 1. The number of carboxylic acids is 1. The van der Waals surface area contributed by atoms with E-state index in [1.165, 1.54) is 6.07 Å². The number of hydrogen-bond acceptors (Lipinski definition) is 5. The summed E-state index contributed by atoms with van der Waals surface area (Å²) in [5.41, 5.74) is 1.29. The van der Waals surface area contributed by atoms with E-state index >= 15 is 0 Å². The third-order valence-corrected chi connectivity index (χ3v) is 3.18. The molecule has 1 atom stereocenters. The summed E-state index contributed by atoms with van der Waals surface area (Å²) < 4.78 is 0. The molecule has 1 unspecified atom stereocenters. The van der Waals surface area contributed by atoms with Crippen molar-refractivity contribution in [1.29, 1.82) is 0 Å². The van der Waals surface area contributed by atoms with Gasteiger partial charge in [0.05, 0.1) is 5.69 Å². The Labute approximate surface area is 128 Å². The number of rotatable bonds is 8. The molecule has 0 fully saturated rings. The first-order valence-electron chi connectivity index (χ1n) is 7.03. The van der Waals surface area contributed by atoms with Gasteiger partial charge in [-0.05, 0) is 18.2 Å². The van der Waals surface area contributed by atoms with Gasteiger partial charge in [0.15, 0.2) is 0 Å². The summed E-state index contributed by atoms with van der Waals surface area (Å²) in [6.07, 6.45) is 1.73. The highest BCUT2D eigenvalue weighted by molar-refractivity contribution is 5.76. The van der Waals surface area contributed by atoms with Gasteiger partial charge < -0.3 is 15.5 Å². The van der Waals surface area contributed by atoms with Crippen molar-refractivity contribution >= 4 is 5.97 Å². The monoisotopic (exact) mass is 301 g/mol. The van der Waals surface area contributed by atoms with Crippen molar-refractivity contribution in [2.24, 2.45) is 0 Å². The van der Waals surface area contributed by atoms with Gasteiger partial charge in [-0.1, -0.05) is 24.3 Å². The van der Waals surface area contributed by atoms with E-state index in [2.05, 4.69) is 15.6 Å². The van der Waals surface area contributed by atoms with Crippen LogP contribution in [-0.4, -0.2) is 34.3 Å². The first kappa shape index (κ1) is 15.9. The fourth-order valence-electron chi connectivity index (χ4n) is 2.09. The summed E-state index contributed by atoms with van der Waals surface area (Å²) >= 11 is 0. The number of hydrogen-bond donors (Lipinski definition) is 4. The number of carboxylic acid groups (broad SMARTS) is 1. The lowest BCUT2D eigenvalue weighted by Gasteiger charge is -2.16. The van der Waals surface area contributed by atoms with E-state index < -0.39 is 12.0 Å². The first-order chi connectivity index (χ1) is 10.7. The molecule has 2 rings (SSSR count). The standard InChI is InChI=1S/C16H19N3O3/c20-14-7-2-1-6-13(14)15(16(21)22)19-10-9-17-11-12-5-3-4-8-18-12/h1-8,15,17,19-20H,9-11H2,(H,21,22). The molecule has 116 valence electrons. The maximum absolute atomic E-state index is 11.3. The van der Waals surface area contributed by atoms with Crippen LogP contribution in [-0.2, 0) is 11.3 Å². The first-order valence-corrected chi connectivity index (χ1v) is 7.03. The Hall–Kier alpha value is -2.44. The van der Waals surface area contributed by atoms with Crippen LogP contribution in [0.3, 0.4) is 0 Å². The van der Waals surface area contributed by atoms with Crippen LogP contribution >= 0.6 is 0 Å². The van der Waals surface area contributed by atoms with Crippen LogP contribution in [0.4, 0.5) is 0 Å². The van der Waals surface area contributed by atoms with Crippen LogP contribution in [0, 0.1) is 0 Å². The van der Waals surface area contributed by atoms with Crippen molar-refractivity contribution in [2.45, 2.75) is 12.6 Å². The number of aliphatic carboxylic acids is 1. The SMILES string of the molecule is O=C(O)C(NCCNCc1ccccn1)c1ccccc1O. The molecule has 0 saturated heterocycles. The number of benzene rings is 1. The lowest BCUT2D eigenvalue weighted by atomic mass is 10.1. The second-order valence-electron chi connectivity index (χ2n) is 4.78. The Bertz CT molecular complexity index is 605. The zero-order valence-corrected chi connectivity index (χ0v) is 12.1. The van der Waals surface area contributed by atoms with Crippen molar-refractivity contribution in [3.8, 4) is 5.75 Å². The molecular weight excluding hydrogens is 282 g/mol. The van der Waals surface area contributed by atoms with Crippen molar-refractivity contribution < 1.29 is 15.0 Å². The number of pyridine rings is 1.